The molecule has 0 N–H and O–H groups in total. The Hall–Kier alpha value is -2.02. The van der Waals surface area contributed by atoms with Crippen molar-refractivity contribution in [3.05, 3.63) is 23.8 Å². The standard InChI is InChI=1S/C12H11NO3/c1-2-8(6-13)12(14)9-3-4-10-11(5-9)16-7-15-10/h3-5,8H,2,7H2,1H3. The monoisotopic (exact) mass is 217 g/mol. The molecule has 0 radical (unpaired) electrons. The third kappa shape index (κ3) is 1.72. The number of hydrogen-bond acceptors (Lipinski definition) is 4. The van der Waals surface area contributed by atoms with E-state index in [0.717, 1.165) is 0 Å². The van der Waals surface area contributed by atoms with Crippen LogP contribution < -0.4 is 9.47 Å². The molecule has 4 heteroatoms. The highest BCUT2D eigenvalue weighted by atomic mass is 16.7. The van der Waals surface area contributed by atoms with Crippen molar-refractivity contribution in [3.8, 4) is 17.6 Å². The van der Waals surface area contributed by atoms with Crippen LogP contribution in [-0.4, -0.2) is 12.6 Å². The van der Waals surface area contributed by atoms with Gasteiger partial charge >= 0.3 is 0 Å². The Labute approximate surface area is 93.4 Å². The highest BCUT2D eigenvalue weighted by molar-refractivity contribution is 5.99. The Balaban J connectivity index is 2.28. The van der Waals surface area contributed by atoms with Crippen molar-refractivity contribution in [2.24, 2.45) is 5.92 Å². The minimum Gasteiger partial charge on any atom is -0.454 e. The number of nitrogens with zero attached hydrogens (tertiary/aromatic N) is 1. The molecular formula is C12H11NO3. The fraction of sp³-hybridized carbons (Fsp3) is 0.333. The zero-order chi connectivity index (χ0) is 11.5. The first-order valence-electron chi connectivity index (χ1n) is 5.09. The van der Waals surface area contributed by atoms with Gasteiger partial charge in [0, 0.05) is 5.56 Å². The molecule has 2 rings (SSSR count). The van der Waals surface area contributed by atoms with Crippen molar-refractivity contribution in [2.45, 2.75) is 13.3 Å². The Morgan fingerprint density at radius 2 is 2.25 bits per heavy atom. The van der Waals surface area contributed by atoms with E-state index in [1.807, 2.05) is 13.0 Å². The number of benzene rings is 1. The molecule has 0 spiro atoms. The molecule has 0 aromatic heterocycles. The van der Waals surface area contributed by atoms with Crippen LogP contribution in [-0.2, 0) is 0 Å². The first kappa shape index (κ1) is 10.5. The summed E-state index contributed by atoms with van der Waals surface area (Å²) in [4.78, 5) is 11.9. The maximum Gasteiger partial charge on any atom is 0.231 e. The zero-order valence-electron chi connectivity index (χ0n) is 8.90. The van der Waals surface area contributed by atoms with Crippen molar-refractivity contribution in [2.75, 3.05) is 6.79 Å². The molecule has 0 saturated heterocycles. The largest absolute Gasteiger partial charge is 0.454 e. The van der Waals surface area contributed by atoms with E-state index in [-0.39, 0.29) is 12.6 Å². The number of Topliss-reactive ketones (excluding diaryl/α,β-unsaturated/α-hetero) is 1. The fourth-order valence-corrected chi connectivity index (χ4v) is 1.59. The molecular weight excluding hydrogens is 206 g/mol. The lowest BCUT2D eigenvalue weighted by Gasteiger charge is -2.05. The highest BCUT2D eigenvalue weighted by Crippen LogP contribution is 2.33. The molecule has 1 aliphatic rings. The average molecular weight is 217 g/mol. The van der Waals surface area contributed by atoms with Crippen LogP contribution in [0.2, 0.25) is 0 Å². The molecule has 1 aromatic carbocycles. The fourth-order valence-electron chi connectivity index (χ4n) is 1.59. The Kier molecular flexibility index (Phi) is 2.78. The average Bonchev–Trinajstić information content (AvgIpc) is 2.77. The molecule has 0 amide bonds. The first-order valence-corrected chi connectivity index (χ1v) is 5.09. The van der Waals surface area contributed by atoms with E-state index in [0.29, 0.717) is 23.5 Å². The van der Waals surface area contributed by atoms with Gasteiger partial charge < -0.3 is 9.47 Å². The van der Waals surface area contributed by atoms with E-state index in [4.69, 9.17) is 14.7 Å². The second kappa shape index (κ2) is 4.23. The van der Waals surface area contributed by atoms with E-state index >= 15 is 0 Å². The Bertz CT molecular complexity index is 462. The van der Waals surface area contributed by atoms with E-state index < -0.39 is 5.92 Å². The molecule has 4 nitrogen and oxygen atoms in total. The number of carbonyl (C=O) groups excluding carboxylic acids is 1. The highest BCUT2D eigenvalue weighted by Gasteiger charge is 2.21. The minimum absolute atomic E-state index is 0.164. The first-order chi connectivity index (χ1) is 7.76. The molecule has 1 unspecified atom stereocenters. The van der Waals surface area contributed by atoms with Gasteiger partial charge in [-0.15, -0.1) is 0 Å². The quantitative estimate of drug-likeness (QED) is 0.728. The topological polar surface area (TPSA) is 59.3 Å². The molecule has 0 saturated carbocycles. The molecule has 1 aliphatic heterocycles. The zero-order valence-corrected chi connectivity index (χ0v) is 8.90. The number of fused-ring (bicyclic) bond motifs is 1. The minimum atomic E-state index is -0.583. The van der Waals surface area contributed by atoms with Crippen LogP contribution in [0, 0.1) is 17.2 Å². The summed E-state index contributed by atoms with van der Waals surface area (Å²) in [5.41, 5.74) is 0.498. The summed E-state index contributed by atoms with van der Waals surface area (Å²) < 4.78 is 10.3. The number of hydrogen-bond donors (Lipinski definition) is 0. The van der Waals surface area contributed by atoms with Crippen molar-refractivity contribution in [1.29, 1.82) is 5.26 Å². The van der Waals surface area contributed by atoms with Crippen LogP contribution in [0.1, 0.15) is 23.7 Å². The third-order valence-electron chi connectivity index (χ3n) is 2.54. The summed E-state index contributed by atoms with van der Waals surface area (Å²) in [6, 6.07) is 6.98. The van der Waals surface area contributed by atoms with Gasteiger partial charge in [-0.2, -0.15) is 5.26 Å². The number of ketones is 1. The van der Waals surface area contributed by atoms with Gasteiger partial charge in [0.15, 0.2) is 17.3 Å². The number of rotatable bonds is 3. The van der Waals surface area contributed by atoms with Gasteiger partial charge in [0.25, 0.3) is 0 Å². The van der Waals surface area contributed by atoms with Gasteiger partial charge in [0.2, 0.25) is 6.79 Å². The summed E-state index contributed by atoms with van der Waals surface area (Å²) in [5, 5.41) is 8.82. The van der Waals surface area contributed by atoms with E-state index in [1.54, 1.807) is 18.2 Å². The smallest absolute Gasteiger partial charge is 0.231 e. The summed E-state index contributed by atoms with van der Waals surface area (Å²) in [7, 11) is 0. The summed E-state index contributed by atoms with van der Waals surface area (Å²) >= 11 is 0. The van der Waals surface area contributed by atoms with Crippen molar-refractivity contribution < 1.29 is 14.3 Å². The van der Waals surface area contributed by atoms with Gasteiger partial charge in [-0.3, -0.25) is 4.79 Å². The maximum absolute atomic E-state index is 11.9. The lowest BCUT2D eigenvalue weighted by molar-refractivity contribution is 0.0946. The van der Waals surface area contributed by atoms with E-state index in [9.17, 15) is 4.79 Å². The van der Waals surface area contributed by atoms with Crippen LogP contribution in [0.3, 0.4) is 0 Å². The van der Waals surface area contributed by atoms with Crippen LogP contribution in [0.5, 0.6) is 11.5 Å². The van der Waals surface area contributed by atoms with E-state index in [2.05, 4.69) is 0 Å². The summed E-state index contributed by atoms with van der Waals surface area (Å²) in [6.07, 6.45) is 0.518. The second-order valence-electron chi connectivity index (χ2n) is 3.52. The normalized spacial score (nSPS) is 14.2. The van der Waals surface area contributed by atoms with Crippen molar-refractivity contribution in [1.82, 2.24) is 0 Å². The lowest BCUT2D eigenvalue weighted by Crippen LogP contribution is -2.11. The molecule has 1 aromatic rings. The van der Waals surface area contributed by atoms with Crippen LogP contribution in [0.15, 0.2) is 18.2 Å². The number of ether oxygens (including phenoxy) is 2. The molecule has 0 fully saturated rings. The lowest BCUT2D eigenvalue weighted by atomic mass is 9.96. The van der Waals surface area contributed by atoms with E-state index in [1.165, 1.54) is 0 Å². The predicted octanol–water partition coefficient (Wildman–Crippen LogP) is 2.15. The Morgan fingerprint density at radius 1 is 1.50 bits per heavy atom. The van der Waals surface area contributed by atoms with Crippen LogP contribution in [0.25, 0.3) is 0 Å². The summed E-state index contributed by atoms with van der Waals surface area (Å²) in [5.74, 6) is 0.462. The third-order valence-corrected chi connectivity index (χ3v) is 2.54. The summed E-state index contributed by atoms with van der Waals surface area (Å²) in [6.45, 7) is 2.00. The van der Waals surface area contributed by atoms with Gasteiger partial charge in [0.05, 0.1) is 6.07 Å². The van der Waals surface area contributed by atoms with Gasteiger partial charge in [0.1, 0.15) is 5.92 Å². The molecule has 1 heterocycles. The number of nitriles is 1. The van der Waals surface area contributed by atoms with Crippen molar-refractivity contribution >= 4 is 5.78 Å². The molecule has 0 aliphatic carbocycles. The number of carbonyl (C=O) groups is 1. The molecule has 1 atom stereocenters. The molecule has 16 heavy (non-hydrogen) atoms. The van der Waals surface area contributed by atoms with Gasteiger partial charge in [-0.1, -0.05) is 6.92 Å². The Morgan fingerprint density at radius 3 is 2.94 bits per heavy atom. The van der Waals surface area contributed by atoms with Crippen molar-refractivity contribution in [3.63, 3.8) is 0 Å². The van der Waals surface area contributed by atoms with Crippen LogP contribution >= 0.6 is 0 Å². The predicted molar refractivity (Wildman–Crippen MR) is 56.3 cm³/mol. The molecule has 82 valence electrons. The van der Waals surface area contributed by atoms with Gasteiger partial charge in [-0.05, 0) is 24.6 Å². The van der Waals surface area contributed by atoms with Gasteiger partial charge in [-0.25, -0.2) is 0 Å². The molecule has 0 bridgehead atoms. The SMILES string of the molecule is CCC(C#N)C(=O)c1ccc2c(c1)OCO2. The van der Waals surface area contributed by atoms with Crippen LogP contribution in [0.4, 0.5) is 0 Å². The maximum atomic E-state index is 11.9. The second-order valence-corrected chi connectivity index (χ2v) is 3.52.